The molecule has 310 valence electrons. The van der Waals surface area contributed by atoms with Gasteiger partial charge >= 0.3 is 18.3 Å². The van der Waals surface area contributed by atoms with Crippen molar-refractivity contribution in [3.8, 4) is 11.3 Å². The van der Waals surface area contributed by atoms with Gasteiger partial charge in [0.05, 0.1) is 16.8 Å². The summed E-state index contributed by atoms with van der Waals surface area (Å²) in [6.07, 6.45) is 14.8. The predicted molar refractivity (Wildman–Crippen MR) is 211 cm³/mol. The average Bonchev–Trinajstić information content (AvgIpc) is 3.17. The molecular weight excluding hydrogens is 748 g/mol. The van der Waals surface area contributed by atoms with Crippen LogP contribution in [-0.2, 0) is 17.1 Å². The lowest BCUT2D eigenvalue weighted by molar-refractivity contribution is -0.143. The van der Waals surface area contributed by atoms with Crippen LogP contribution in [-0.4, -0.2) is 31.9 Å². The van der Waals surface area contributed by atoms with Crippen molar-refractivity contribution in [2.45, 2.75) is 129 Å². The highest BCUT2D eigenvalue weighted by atomic mass is 19.4. The molecule has 8 nitrogen and oxygen atoms in total. The zero-order valence-corrected chi connectivity index (χ0v) is 32.6. The second-order valence-corrected chi connectivity index (χ2v) is 14.0. The van der Waals surface area contributed by atoms with E-state index in [1.54, 1.807) is 37.5 Å². The maximum Gasteiger partial charge on any atom is 0.416 e. The largest absolute Gasteiger partial charge is 0.481 e. The second-order valence-electron chi connectivity index (χ2n) is 14.0. The van der Waals surface area contributed by atoms with Gasteiger partial charge < -0.3 is 15.7 Å². The van der Waals surface area contributed by atoms with Crippen molar-refractivity contribution in [1.82, 2.24) is 15.0 Å². The highest BCUT2D eigenvalue weighted by Gasteiger charge is 2.37. The number of benzene rings is 2. The molecule has 0 fully saturated rings. The number of unbranched alkanes of at least 4 members (excludes halogenated alkanes) is 14. The number of carbonyl (C=O) groups is 2. The van der Waals surface area contributed by atoms with Crippen LogP contribution in [0.2, 0.25) is 0 Å². The summed E-state index contributed by atoms with van der Waals surface area (Å²) in [6, 6.07) is 10.5. The van der Waals surface area contributed by atoms with Crippen LogP contribution in [0.4, 0.5) is 43.7 Å². The average molecular weight is 802 g/mol. The van der Waals surface area contributed by atoms with Gasteiger partial charge in [0.2, 0.25) is 5.95 Å². The molecule has 14 heteroatoms. The minimum absolute atomic E-state index is 0.0374. The smallest absolute Gasteiger partial charge is 0.416 e. The molecule has 0 saturated heterocycles. The van der Waals surface area contributed by atoms with E-state index in [0.29, 0.717) is 35.5 Å². The van der Waals surface area contributed by atoms with Crippen molar-refractivity contribution in [3.05, 3.63) is 95.4 Å². The maximum absolute atomic E-state index is 13.1. The Hall–Kier alpha value is -5.01. The number of rotatable bonds is 21. The van der Waals surface area contributed by atoms with E-state index < -0.39 is 40.9 Å². The fourth-order valence-corrected chi connectivity index (χ4v) is 5.99. The van der Waals surface area contributed by atoms with Crippen molar-refractivity contribution in [2.75, 3.05) is 10.6 Å². The van der Waals surface area contributed by atoms with Crippen LogP contribution in [0.15, 0.2) is 73.2 Å². The first-order valence-electron chi connectivity index (χ1n) is 19.6. The second kappa shape index (κ2) is 23.9. The highest BCUT2D eigenvalue weighted by Crippen LogP contribution is 2.36. The van der Waals surface area contributed by atoms with E-state index in [4.69, 9.17) is 5.11 Å². The molecule has 0 atom stereocenters. The summed E-state index contributed by atoms with van der Waals surface area (Å²) in [4.78, 5) is 35.6. The van der Waals surface area contributed by atoms with Crippen LogP contribution in [0, 0.1) is 6.92 Å². The van der Waals surface area contributed by atoms with Gasteiger partial charge in [-0.2, -0.15) is 26.3 Å². The van der Waals surface area contributed by atoms with Gasteiger partial charge in [0.15, 0.2) is 0 Å². The van der Waals surface area contributed by atoms with Crippen LogP contribution < -0.4 is 10.6 Å². The quantitative estimate of drug-likeness (QED) is 0.0567. The molecule has 2 aromatic carbocycles. The molecule has 0 saturated carbocycles. The molecule has 0 aliphatic rings. The van der Waals surface area contributed by atoms with E-state index in [0.717, 1.165) is 18.4 Å². The molecule has 3 N–H and O–H groups in total. The lowest BCUT2D eigenvalue weighted by Crippen LogP contribution is -2.17. The lowest BCUT2D eigenvalue weighted by atomic mass is 10.0. The van der Waals surface area contributed by atoms with Crippen molar-refractivity contribution in [2.24, 2.45) is 0 Å². The molecule has 0 aliphatic carbocycles. The first-order chi connectivity index (χ1) is 27.2. The minimum Gasteiger partial charge on any atom is -0.481 e. The molecule has 0 aliphatic heterocycles. The SMILES string of the molecule is CCCCCCCCCCCCCCCCCC(=O)O.Cc1ccc(NC(=O)c2cc(C(F)(F)F)cc(C(F)(F)F)c2)cc1Nc1nccc(-c2cccnc2)n1. The summed E-state index contributed by atoms with van der Waals surface area (Å²) in [6.45, 7) is 4.02. The van der Waals surface area contributed by atoms with Crippen LogP contribution in [0.3, 0.4) is 0 Å². The van der Waals surface area contributed by atoms with Crippen molar-refractivity contribution in [1.29, 1.82) is 0 Å². The minimum atomic E-state index is -5.07. The maximum atomic E-state index is 13.1. The number of aliphatic carboxylic acids is 1. The van der Waals surface area contributed by atoms with Gasteiger partial charge in [-0.25, -0.2) is 9.97 Å². The number of carbonyl (C=O) groups excluding carboxylic acids is 1. The molecule has 57 heavy (non-hydrogen) atoms. The number of carboxylic acids is 1. The summed E-state index contributed by atoms with van der Waals surface area (Å²) in [5.74, 6) is -1.57. The third-order valence-corrected chi connectivity index (χ3v) is 9.20. The normalized spacial score (nSPS) is 11.4. The van der Waals surface area contributed by atoms with Crippen LogP contribution in [0.25, 0.3) is 11.3 Å². The Kier molecular flexibility index (Phi) is 19.5. The summed E-state index contributed by atoms with van der Waals surface area (Å²) in [5.41, 5.74) is -1.29. The van der Waals surface area contributed by atoms with Gasteiger partial charge in [-0.15, -0.1) is 0 Å². The number of halogens is 6. The first-order valence-corrected chi connectivity index (χ1v) is 19.6. The van der Waals surface area contributed by atoms with Gasteiger partial charge in [-0.05, 0) is 67.4 Å². The van der Waals surface area contributed by atoms with E-state index in [-0.39, 0.29) is 17.7 Å². The Balaban J connectivity index is 0.000000371. The standard InChI is InChI=1S/C25H17F6N5O.C18H36O2/c1-14-4-5-19(12-21(14)36-23-33-8-6-20(35-23)15-3-2-7-32-13-15)34-22(37)16-9-17(24(26,27)28)11-18(10-16)25(29,30)31;1-2-3-4-5-6-7-8-9-10-11-12-13-14-15-16-17-18(19)20/h2-13H,1H3,(H,34,37)(H,33,35,36);2-17H2,1H3,(H,19,20). The Morgan fingerprint density at radius 3 is 1.77 bits per heavy atom. The summed E-state index contributed by atoms with van der Waals surface area (Å²) in [5, 5.41) is 13.9. The predicted octanol–water partition coefficient (Wildman–Crippen LogP) is 13.2. The highest BCUT2D eigenvalue weighted by molar-refractivity contribution is 6.04. The number of aromatic nitrogens is 3. The van der Waals surface area contributed by atoms with E-state index >= 15 is 0 Å². The Morgan fingerprint density at radius 2 is 1.26 bits per heavy atom. The number of nitrogens with one attached hydrogen (secondary N) is 2. The molecule has 1 amide bonds. The Labute approximate surface area is 331 Å². The molecule has 0 bridgehead atoms. The summed E-state index contributed by atoms with van der Waals surface area (Å²) in [7, 11) is 0. The molecule has 4 rings (SSSR count). The number of hydrogen-bond acceptors (Lipinski definition) is 6. The van der Waals surface area contributed by atoms with Gasteiger partial charge in [-0.3, -0.25) is 14.6 Å². The Morgan fingerprint density at radius 1 is 0.702 bits per heavy atom. The fraction of sp³-hybridized carbons (Fsp3) is 0.465. The van der Waals surface area contributed by atoms with E-state index in [1.807, 2.05) is 6.07 Å². The van der Waals surface area contributed by atoms with Crippen molar-refractivity contribution in [3.63, 3.8) is 0 Å². The van der Waals surface area contributed by atoms with Crippen molar-refractivity contribution < 1.29 is 41.0 Å². The monoisotopic (exact) mass is 801 g/mol. The van der Waals surface area contributed by atoms with Gasteiger partial charge in [-0.1, -0.05) is 103 Å². The number of amides is 1. The molecule has 4 aromatic rings. The van der Waals surface area contributed by atoms with Crippen molar-refractivity contribution >= 4 is 29.2 Å². The third-order valence-electron chi connectivity index (χ3n) is 9.20. The summed E-state index contributed by atoms with van der Waals surface area (Å²) >= 11 is 0. The van der Waals surface area contributed by atoms with E-state index in [2.05, 4.69) is 32.5 Å². The molecule has 0 unspecified atom stereocenters. The fourth-order valence-electron chi connectivity index (χ4n) is 5.99. The number of carboxylic acid groups (broad SMARTS) is 1. The zero-order chi connectivity index (χ0) is 41.7. The zero-order valence-electron chi connectivity index (χ0n) is 32.6. The summed E-state index contributed by atoms with van der Waals surface area (Å²) < 4.78 is 78.9. The Bertz CT molecular complexity index is 1790. The first kappa shape index (κ1) is 46.4. The lowest BCUT2D eigenvalue weighted by Gasteiger charge is -2.15. The van der Waals surface area contributed by atoms with E-state index in [9.17, 15) is 35.9 Å². The number of alkyl halides is 6. The molecule has 2 aromatic heterocycles. The van der Waals surface area contributed by atoms with Gasteiger partial charge in [0, 0.05) is 47.5 Å². The third kappa shape index (κ3) is 17.8. The van der Waals surface area contributed by atoms with Gasteiger partial charge in [0.1, 0.15) is 0 Å². The van der Waals surface area contributed by atoms with E-state index in [1.165, 1.54) is 102 Å². The topological polar surface area (TPSA) is 117 Å². The molecule has 0 spiro atoms. The van der Waals surface area contributed by atoms with Crippen LogP contribution in [0.5, 0.6) is 0 Å². The number of pyridine rings is 1. The van der Waals surface area contributed by atoms with Gasteiger partial charge in [0.25, 0.3) is 5.91 Å². The molecule has 2 heterocycles. The number of nitrogens with zero attached hydrogens (tertiary/aromatic N) is 3. The number of aryl methyl sites for hydroxylation is 1. The molecular formula is C43H53F6N5O3. The number of anilines is 3. The number of hydrogen-bond donors (Lipinski definition) is 3. The van der Waals surface area contributed by atoms with Crippen LogP contribution in [0.1, 0.15) is 137 Å². The molecule has 0 radical (unpaired) electrons. The van der Waals surface area contributed by atoms with Crippen LogP contribution >= 0.6 is 0 Å².